The second-order valence-electron chi connectivity index (χ2n) is 5.89. The van der Waals surface area contributed by atoms with Gasteiger partial charge in [0, 0.05) is 11.8 Å². The molecular formula is C20H22FNO4. The molecule has 0 aliphatic rings. The lowest BCUT2D eigenvalue weighted by Gasteiger charge is -2.11. The predicted octanol–water partition coefficient (Wildman–Crippen LogP) is 3.90. The molecule has 0 aromatic heterocycles. The molecule has 0 aliphatic heterocycles. The van der Waals surface area contributed by atoms with E-state index >= 15 is 0 Å². The van der Waals surface area contributed by atoms with Crippen LogP contribution in [0.25, 0.3) is 0 Å². The van der Waals surface area contributed by atoms with E-state index in [9.17, 15) is 14.0 Å². The molecule has 0 spiro atoms. The van der Waals surface area contributed by atoms with Crippen LogP contribution in [0, 0.1) is 5.82 Å². The summed E-state index contributed by atoms with van der Waals surface area (Å²) in [5.74, 6) is -0.946. The molecule has 26 heavy (non-hydrogen) atoms. The van der Waals surface area contributed by atoms with Gasteiger partial charge in [0.15, 0.2) is 13.2 Å². The summed E-state index contributed by atoms with van der Waals surface area (Å²) in [7, 11) is 0. The highest BCUT2D eigenvalue weighted by atomic mass is 19.1. The van der Waals surface area contributed by atoms with Gasteiger partial charge in [-0.1, -0.05) is 32.0 Å². The van der Waals surface area contributed by atoms with Gasteiger partial charge in [-0.05, 0) is 42.2 Å². The van der Waals surface area contributed by atoms with Gasteiger partial charge in [0.1, 0.15) is 11.6 Å². The fourth-order valence-electron chi connectivity index (χ4n) is 2.21. The normalized spacial score (nSPS) is 11.5. The van der Waals surface area contributed by atoms with E-state index < -0.39 is 30.9 Å². The lowest BCUT2D eigenvalue weighted by Crippen LogP contribution is -2.23. The Hall–Kier alpha value is -2.89. The van der Waals surface area contributed by atoms with Gasteiger partial charge in [0.2, 0.25) is 0 Å². The monoisotopic (exact) mass is 359 g/mol. The molecule has 0 saturated carbocycles. The van der Waals surface area contributed by atoms with Crippen LogP contribution in [0.5, 0.6) is 5.75 Å². The first kappa shape index (κ1) is 19.4. The fraction of sp³-hybridized carbons (Fsp3) is 0.300. The Kier molecular flexibility index (Phi) is 7.14. The minimum Gasteiger partial charge on any atom is -0.482 e. The van der Waals surface area contributed by atoms with Crippen molar-refractivity contribution in [3.05, 3.63) is 59.9 Å². The van der Waals surface area contributed by atoms with Crippen molar-refractivity contribution in [3.8, 4) is 5.75 Å². The van der Waals surface area contributed by atoms with Crippen LogP contribution in [0.3, 0.4) is 0 Å². The van der Waals surface area contributed by atoms with Crippen molar-refractivity contribution in [1.29, 1.82) is 0 Å². The number of anilines is 1. The zero-order chi connectivity index (χ0) is 18.9. The zero-order valence-electron chi connectivity index (χ0n) is 14.8. The summed E-state index contributed by atoms with van der Waals surface area (Å²) in [6.07, 6.45) is 1.04. The number of ether oxygens (including phenoxy) is 2. The fourth-order valence-corrected chi connectivity index (χ4v) is 2.21. The average molecular weight is 359 g/mol. The van der Waals surface area contributed by atoms with Crippen molar-refractivity contribution in [2.24, 2.45) is 0 Å². The molecule has 1 atom stereocenters. The number of halogens is 1. The number of esters is 1. The highest BCUT2D eigenvalue weighted by Gasteiger charge is 2.10. The van der Waals surface area contributed by atoms with Gasteiger partial charge < -0.3 is 14.8 Å². The summed E-state index contributed by atoms with van der Waals surface area (Å²) >= 11 is 0. The molecule has 0 unspecified atom stereocenters. The van der Waals surface area contributed by atoms with Crippen molar-refractivity contribution < 1.29 is 23.5 Å². The number of carbonyl (C=O) groups excluding carboxylic acids is 2. The molecule has 0 fully saturated rings. The Morgan fingerprint density at radius 1 is 1.12 bits per heavy atom. The van der Waals surface area contributed by atoms with Gasteiger partial charge >= 0.3 is 5.97 Å². The van der Waals surface area contributed by atoms with Crippen LogP contribution in [-0.4, -0.2) is 25.1 Å². The number of nitrogens with one attached hydrogen (secondary N) is 1. The van der Waals surface area contributed by atoms with E-state index in [1.54, 1.807) is 0 Å². The number of hydrogen-bond donors (Lipinski definition) is 1. The SMILES string of the molecule is CC[C@H](C)c1ccc(NC(=O)COC(=O)COc2cccc(F)c2)cc1. The quantitative estimate of drug-likeness (QED) is 0.726. The number of amides is 1. The zero-order valence-corrected chi connectivity index (χ0v) is 14.8. The Balaban J connectivity index is 1.73. The van der Waals surface area contributed by atoms with Crippen LogP contribution in [0.15, 0.2) is 48.5 Å². The van der Waals surface area contributed by atoms with Gasteiger partial charge in [-0.2, -0.15) is 0 Å². The minimum absolute atomic E-state index is 0.216. The van der Waals surface area contributed by atoms with E-state index in [1.165, 1.54) is 23.8 Å². The topological polar surface area (TPSA) is 64.6 Å². The molecule has 2 aromatic carbocycles. The first-order valence-corrected chi connectivity index (χ1v) is 8.41. The second kappa shape index (κ2) is 9.56. The Bertz CT molecular complexity index is 746. The molecule has 1 N–H and O–H groups in total. The molecule has 1 amide bonds. The molecule has 2 rings (SSSR count). The van der Waals surface area contributed by atoms with Crippen LogP contribution in [0.2, 0.25) is 0 Å². The molecule has 5 nitrogen and oxygen atoms in total. The first-order chi connectivity index (χ1) is 12.5. The van der Waals surface area contributed by atoms with E-state index in [2.05, 4.69) is 19.2 Å². The van der Waals surface area contributed by atoms with Crippen LogP contribution >= 0.6 is 0 Å². The van der Waals surface area contributed by atoms with Gasteiger partial charge in [-0.25, -0.2) is 9.18 Å². The standard InChI is InChI=1S/C20H22FNO4/c1-3-14(2)15-7-9-17(10-8-15)22-19(23)12-26-20(24)13-25-18-6-4-5-16(21)11-18/h4-11,14H,3,12-13H2,1-2H3,(H,22,23)/t14-/m0/s1. The van der Waals surface area contributed by atoms with Gasteiger partial charge in [0.25, 0.3) is 5.91 Å². The summed E-state index contributed by atoms with van der Waals surface area (Å²) in [5.41, 5.74) is 1.83. The van der Waals surface area contributed by atoms with Gasteiger partial charge in [-0.15, -0.1) is 0 Å². The maximum absolute atomic E-state index is 13.0. The maximum Gasteiger partial charge on any atom is 0.344 e. The van der Waals surface area contributed by atoms with Crippen LogP contribution < -0.4 is 10.1 Å². The van der Waals surface area contributed by atoms with Gasteiger partial charge in [-0.3, -0.25) is 4.79 Å². The third-order valence-corrected chi connectivity index (χ3v) is 3.89. The van der Waals surface area contributed by atoms with Crippen LogP contribution in [0.4, 0.5) is 10.1 Å². The first-order valence-electron chi connectivity index (χ1n) is 8.41. The Labute approximate surface area is 152 Å². The minimum atomic E-state index is -0.712. The molecule has 0 aliphatic carbocycles. The Morgan fingerprint density at radius 2 is 1.85 bits per heavy atom. The highest BCUT2D eigenvalue weighted by molar-refractivity contribution is 5.92. The van der Waals surface area contributed by atoms with Gasteiger partial charge in [0.05, 0.1) is 0 Å². The third kappa shape index (κ3) is 6.20. The summed E-state index contributed by atoms with van der Waals surface area (Å²) in [6, 6.07) is 13.0. The lowest BCUT2D eigenvalue weighted by atomic mass is 9.99. The average Bonchev–Trinajstić information content (AvgIpc) is 2.64. The third-order valence-electron chi connectivity index (χ3n) is 3.89. The number of rotatable bonds is 8. The molecule has 138 valence electrons. The van der Waals surface area contributed by atoms with E-state index in [4.69, 9.17) is 9.47 Å². The maximum atomic E-state index is 13.0. The molecule has 0 heterocycles. The van der Waals surface area contributed by atoms with Crippen molar-refractivity contribution in [2.75, 3.05) is 18.5 Å². The predicted molar refractivity (Wildman–Crippen MR) is 96.6 cm³/mol. The second-order valence-corrected chi connectivity index (χ2v) is 5.89. The Morgan fingerprint density at radius 3 is 2.50 bits per heavy atom. The number of benzene rings is 2. The molecule has 2 aromatic rings. The molecule has 0 radical (unpaired) electrons. The highest BCUT2D eigenvalue weighted by Crippen LogP contribution is 2.20. The van der Waals surface area contributed by atoms with Crippen molar-refractivity contribution in [1.82, 2.24) is 0 Å². The van der Waals surface area contributed by atoms with E-state index in [-0.39, 0.29) is 5.75 Å². The van der Waals surface area contributed by atoms with Crippen LogP contribution in [-0.2, 0) is 14.3 Å². The van der Waals surface area contributed by atoms with E-state index in [1.807, 2.05) is 24.3 Å². The summed E-state index contributed by atoms with van der Waals surface area (Å²) < 4.78 is 22.9. The smallest absolute Gasteiger partial charge is 0.344 e. The van der Waals surface area contributed by atoms with Crippen LogP contribution in [0.1, 0.15) is 31.7 Å². The number of hydrogen-bond acceptors (Lipinski definition) is 4. The summed E-state index contributed by atoms with van der Waals surface area (Å²) in [6.45, 7) is 3.43. The molecule has 0 saturated heterocycles. The summed E-state index contributed by atoms with van der Waals surface area (Å²) in [5, 5.41) is 2.66. The van der Waals surface area contributed by atoms with Crippen molar-refractivity contribution >= 4 is 17.6 Å². The summed E-state index contributed by atoms with van der Waals surface area (Å²) in [4.78, 5) is 23.4. The molecular weight excluding hydrogens is 337 g/mol. The largest absolute Gasteiger partial charge is 0.482 e. The van der Waals surface area contributed by atoms with Crippen molar-refractivity contribution in [3.63, 3.8) is 0 Å². The lowest BCUT2D eigenvalue weighted by molar-refractivity contribution is -0.149. The van der Waals surface area contributed by atoms with E-state index in [0.29, 0.717) is 11.6 Å². The molecule has 0 bridgehead atoms. The van der Waals surface area contributed by atoms with Crippen molar-refractivity contribution in [2.45, 2.75) is 26.2 Å². The number of carbonyl (C=O) groups is 2. The van der Waals surface area contributed by atoms with E-state index in [0.717, 1.165) is 12.5 Å². The molecule has 6 heteroatoms.